The van der Waals surface area contributed by atoms with Crippen LogP contribution in [-0.4, -0.2) is 27.7 Å². The smallest absolute Gasteiger partial charge is 0.193 e. The van der Waals surface area contributed by atoms with Crippen molar-refractivity contribution in [3.05, 3.63) is 59.4 Å². The minimum absolute atomic E-state index is 0. The summed E-state index contributed by atoms with van der Waals surface area (Å²) in [5.41, 5.74) is 7.51. The third-order valence-electron chi connectivity index (χ3n) is 3.35. The molecule has 0 heterocycles. The van der Waals surface area contributed by atoms with E-state index < -0.39 is 15.7 Å². The minimum atomic E-state index is -3.24. The van der Waals surface area contributed by atoms with Crippen LogP contribution in [0.25, 0.3) is 0 Å². The molecule has 0 aliphatic carbocycles. The summed E-state index contributed by atoms with van der Waals surface area (Å²) in [4.78, 5) is 4.16. The first kappa shape index (κ1) is 22.2. The summed E-state index contributed by atoms with van der Waals surface area (Å²) in [6.45, 7) is 0.0609. The van der Waals surface area contributed by atoms with Crippen molar-refractivity contribution >= 4 is 45.5 Å². The van der Waals surface area contributed by atoms with Crippen molar-refractivity contribution in [2.24, 2.45) is 10.7 Å². The third-order valence-corrected chi connectivity index (χ3v) is 4.18. The highest BCUT2D eigenvalue weighted by Crippen LogP contribution is 2.17. The summed E-state index contributed by atoms with van der Waals surface area (Å²) in [5, 5.41) is 2.90. The maximum atomic E-state index is 13.5. The van der Waals surface area contributed by atoms with Crippen LogP contribution >= 0.6 is 24.0 Å². The van der Waals surface area contributed by atoms with Gasteiger partial charge in [-0.3, -0.25) is 0 Å². The molecule has 0 unspecified atom stereocenters. The van der Waals surface area contributed by atoms with Crippen molar-refractivity contribution in [2.75, 3.05) is 18.7 Å². The molecule has 0 aliphatic rings. The van der Waals surface area contributed by atoms with E-state index in [2.05, 4.69) is 10.3 Å². The Labute approximate surface area is 169 Å². The molecule has 0 saturated heterocycles. The van der Waals surface area contributed by atoms with Gasteiger partial charge in [-0.15, -0.1) is 24.0 Å². The zero-order valence-corrected chi connectivity index (χ0v) is 17.5. The van der Waals surface area contributed by atoms with Gasteiger partial charge in [-0.2, -0.15) is 0 Å². The summed E-state index contributed by atoms with van der Waals surface area (Å²) < 4.78 is 41.6. The number of ether oxygens (including phenoxy) is 1. The lowest BCUT2D eigenvalue weighted by atomic mass is 10.1. The van der Waals surface area contributed by atoms with Crippen LogP contribution in [0.3, 0.4) is 0 Å². The van der Waals surface area contributed by atoms with Gasteiger partial charge in [0.1, 0.15) is 11.6 Å². The fraction of sp³-hybridized carbons (Fsp3) is 0.235. The number of methoxy groups -OCH3 is 1. The summed E-state index contributed by atoms with van der Waals surface area (Å²) >= 11 is 0. The highest BCUT2D eigenvalue weighted by Gasteiger charge is 2.10. The van der Waals surface area contributed by atoms with Gasteiger partial charge in [0, 0.05) is 18.0 Å². The SMILES string of the molecule is COc1cccc(NC(N)=NCc2cc(F)ccc2CS(C)(=O)=O)c1.I. The van der Waals surface area contributed by atoms with Crippen molar-refractivity contribution in [2.45, 2.75) is 12.3 Å². The molecular weight excluding hydrogens is 472 g/mol. The first-order valence-corrected chi connectivity index (χ1v) is 9.49. The van der Waals surface area contributed by atoms with E-state index in [9.17, 15) is 12.8 Å². The normalized spacial score (nSPS) is 11.6. The molecule has 0 saturated carbocycles. The van der Waals surface area contributed by atoms with E-state index in [4.69, 9.17) is 10.5 Å². The number of sulfone groups is 1. The zero-order valence-electron chi connectivity index (χ0n) is 14.4. The van der Waals surface area contributed by atoms with E-state index in [0.29, 0.717) is 22.6 Å². The third kappa shape index (κ3) is 7.16. The summed E-state index contributed by atoms with van der Waals surface area (Å²) in [6, 6.07) is 11.1. The molecule has 142 valence electrons. The second-order valence-electron chi connectivity index (χ2n) is 5.54. The second-order valence-corrected chi connectivity index (χ2v) is 7.68. The van der Waals surface area contributed by atoms with Crippen LogP contribution in [0.4, 0.5) is 10.1 Å². The van der Waals surface area contributed by atoms with Crippen LogP contribution in [0.15, 0.2) is 47.5 Å². The van der Waals surface area contributed by atoms with Crippen molar-refractivity contribution < 1.29 is 17.5 Å². The summed E-state index contributed by atoms with van der Waals surface area (Å²) in [6.07, 6.45) is 1.13. The number of hydrogen-bond donors (Lipinski definition) is 2. The monoisotopic (exact) mass is 493 g/mol. The van der Waals surface area contributed by atoms with Crippen LogP contribution < -0.4 is 15.8 Å². The van der Waals surface area contributed by atoms with Crippen molar-refractivity contribution in [3.8, 4) is 5.75 Å². The Bertz CT molecular complexity index is 889. The van der Waals surface area contributed by atoms with Gasteiger partial charge in [0.25, 0.3) is 0 Å². The molecule has 9 heteroatoms. The number of anilines is 1. The van der Waals surface area contributed by atoms with E-state index in [0.717, 1.165) is 6.26 Å². The molecule has 2 aromatic carbocycles. The van der Waals surface area contributed by atoms with E-state index in [1.165, 1.54) is 18.2 Å². The first-order chi connectivity index (χ1) is 11.8. The average Bonchev–Trinajstić information content (AvgIpc) is 2.54. The number of nitrogens with zero attached hydrogens (tertiary/aromatic N) is 1. The molecule has 0 amide bonds. The molecule has 0 radical (unpaired) electrons. The highest BCUT2D eigenvalue weighted by atomic mass is 127. The molecule has 0 aliphatic heterocycles. The average molecular weight is 493 g/mol. The first-order valence-electron chi connectivity index (χ1n) is 7.43. The van der Waals surface area contributed by atoms with E-state index >= 15 is 0 Å². The number of halogens is 2. The molecule has 3 N–H and O–H groups in total. The number of aliphatic imine (C=N–C) groups is 1. The van der Waals surface area contributed by atoms with Gasteiger partial charge in [0.05, 0.1) is 19.4 Å². The van der Waals surface area contributed by atoms with Crippen LogP contribution in [-0.2, 0) is 22.1 Å². The van der Waals surface area contributed by atoms with Gasteiger partial charge >= 0.3 is 0 Å². The van der Waals surface area contributed by atoms with Gasteiger partial charge in [0.15, 0.2) is 15.8 Å². The second kappa shape index (κ2) is 9.72. The predicted octanol–water partition coefficient (Wildman–Crippen LogP) is 2.92. The number of nitrogens with two attached hydrogens (primary N) is 1. The topological polar surface area (TPSA) is 93.8 Å². The lowest BCUT2D eigenvalue weighted by Crippen LogP contribution is -2.22. The Balaban J connectivity index is 0.00000338. The van der Waals surface area contributed by atoms with Crippen molar-refractivity contribution in [1.82, 2.24) is 0 Å². The van der Waals surface area contributed by atoms with Gasteiger partial charge in [-0.25, -0.2) is 17.8 Å². The molecule has 0 bridgehead atoms. The number of hydrogen-bond acceptors (Lipinski definition) is 4. The Morgan fingerprint density at radius 1 is 1.23 bits per heavy atom. The van der Waals surface area contributed by atoms with Crippen molar-refractivity contribution in [3.63, 3.8) is 0 Å². The number of guanidine groups is 1. The van der Waals surface area contributed by atoms with Crippen LogP contribution in [0.5, 0.6) is 5.75 Å². The molecule has 2 rings (SSSR count). The molecule has 0 atom stereocenters. The summed E-state index contributed by atoms with van der Waals surface area (Å²) in [7, 11) is -1.68. The van der Waals surface area contributed by atoms with E-state index in [-0.39, 0.29) is 42.2 Å². The van der Waals surface area contributed by atoms with E-state index in [1.54, 1.807) is 31.4 Å². The maximum Gasteiger partial charge on any atom is 0.193 e. The fourth-order valence-corrected chi connectivity index (χ4v) is 3.07. The summed E-state index contributed by atoms with van der Waals surface area (Å²) in [5.74, 6) is 0.157. The fourth-order valence-electron chi connectivity index (χ4n) is 2.22. The molecule has 2 aromatic rings. The molecule has 0 aromatic heterocycles. The Kier molecular flexibility index (Phi) is 8.28. The lowest BCUT2D eigenvalue weighted by molar-refractivity contribution is 0.415. The predicted molar refractivity (Wildman–Crippen MR) is 112 cm³/mol. The minimum Gasteiger partial charge on any atom is -0.497 e. The Morgan fingerprint density at radius 2 is 1.96 bits per heavy atom. The Hall–Kier alpha value is -1.88. The molecule has 26 heavy (non-hydrogen) atoms. The van der Waals surface area contributed by atoms with Gasteiger partial charge in [0.2, 0.25) is 0 Å². The number of benzene rings is 2. The zero-order chi connectivity index (χ0) is 18.4. The van der Waals surface area contributed by atoms with Gasteiger partial charge in [-0.1, -0.05) is 12.1 Å². The lowest BCUT2D eigenvalue weighted by Gasteiger charge is -2.09. The maximum absolute atomic E-state index is 13.5. The highest BCUT2D eigenvalue weighted by molar-refractivity contribution is 14.0. The van der Waals surface area contributed by atoms with Crippen LogP contribution in [0, 0.1) is 5.82 Å². The number of nitrogens with one attached hydrogen (secondary N) is 1. The van der Waals surface area contributed by atoms with Crippen LogP contribution in [0.2, 0.25) is 0 Å². The Morgan fingerprint density at radius 3 is 2.62 bits per heavy atom. The van der Waals surface area contributed by atoms with Crippen LogP contribution in [0.1, 0.15) is 11.1 Å². The van der Waals surface area contributed by atoms with E-state index in [1.807, 2.05) is 0 Å². The molecule has 0 fully saturated rings. The molecular formula is C17H21FIN3O3S. The number of rotatable bonds is 6. The van der Waals surface area contributed by atoms with Gasteiger partial charge in [-0.05, 0) is 35.4 Å². The standard InChI is InChI=1S/C17H20FN3O3S.HI/c1-24-16-5-3-4-15(9-16)21-17(19)20-10-13-8-14(18)7-6-12(13)11-25(2,22)23;/h3-9H,10-11H2,1-2H3,(H3,19,20,21);1H. The molecule has 6 nitrogen and oxygen atoms in total. The van der Waals surface area contributed by atoms with Gasteiger partial charge < -0.3 is 15.8 Å². The largest absolute Gasteiger partial charge is 0.497 e. The quantitative estimate of drug-likeness (QED) is 0.367. The van der Waals surface area contributed by atoms with Crippen molar-refractivity contribution in [1.29, 1.82) is 0 Å². The molecule has 0 spiro atoms.